The summed E-state index contributed by atoms with van der Waals surface area (Å²) in [5.41, 5.74) is 0.0659. The van der Waals surface area contributed by atoms with E-state index in [4.69, 9.17) is 13.7 Å². The highest BCUT2D eigenvalue weighted by molar-refractivity contribution is 7.85. The van der Waals surface area contributed by atoms with Crippen LogP contribution in [0.25, 0.3) is 0 Å². The van der Waals surface area contributed by atoms with Gasteiger partial charge in [-0.25, -0.2) is 4.79 Å². The SMILES string of the molecule is CCOC(=O)C(C)(C)Oc1ccc(CCCCOS(C)(=O)=O)cc1. The number of unbranched alkanes of at least 4 members (excludes halogenated alkanes) is 1. The Bertz CT molecular complexity index is 619. The Labute approximate surface area is 144 Å². The van der Waals surface area contributed by atoms with Gasteiger partial charge >= 0.3 is 5.97 Å². The van der Waals surface area contributed by atoms with Crippen molar-refractivity contribution in [3.8, 4) is 5.75 Å². The zero-order valence-corrected chi connectivity index (χ0v) is 15.5. The number of aryl methyl sites for hydroxylation is 1. The second kappa shape index (κ2) is 9.03. The quantitative estimate of drug-likeness (QED) is 0.363. The highest BCUT2D eigenvalue weighted by Gasteiger charge is 2.31. The third kappa shape index (κ3) is 7.79. The van der Waals surface area contributed by atoms with Crippen LogP contribution in [0.4, 0.5) is 0 Å². The third-order valence-electron chi connectivity index (χ3n) is 3.22. The van der Waals surface area contributed by atoms with E-state index < -0.39 is 21.7 Å². The number of rotatable bonds is 10. The Hall–Kier alpha value is -1.60. The van der Waals surface area contributed by atoms with E-state index in [9.17, 15) is 13.2 Å². The van der Waals surface area contributed by atoms with E-state index >= 15 is 0 Å². The summed E-state index contributed by atoms with van der Waals surface area (Å²) in [4.78, 5) is 11.8. The average Bonchev–Trinajstić information content (AvgIpc) is 2.47. The molecule has 0 bridgehead atoms. The molecule has 1 aromatic carbocycles. The van der Waals surface area contributed by atoms with Crippen LogP contribution in [0, 0.1) is 0 Å². The van der Waals surface area contributed by atoms with Crippen LogP contribution in [0.15, 0.2) is 24.3 Å². The van der Waals surface area contributed by atoms with Crippen molar-refractivity contribution in [1.29, 1.82) is 0 Å². The zero-order valence-electron chi connectivity index (χ0n) is 14.7. The van der Waals surface area contributed by atoms with Crippen molar-refractivity contribution in [1.82, 2.24) is 0 Å². The van der Waals surface area contributed by atoms with Gasteiger partial charge in [0.1, 0.15) is 5.75 Å². The molecule has 1 aromatic rings. The molecule has 0 saturated heterocycles. The first-order valence-electron chi connectivity index (χ1n) is 7.93. The van der Waals surface area contributed by atoms with Gasteiger partial charge in [-0.1, -0.05) is 12.1 Å². The maximum atomic E-state index is 11.8. The van der Waals surface area contributed by atoms with E-state index in [0.29, 0.717) is 18.8 Å². The molecule has 7 heteroatoms. The Morgan fingerprint density at radius 3 is 2.29 bits per heavy atom. The van der Waals surface area contributed by atoms with E-state index in [1.165, 1.54) is 0 Å². The first kappa shape index (κ1) is 20.4. The fraction of sp³-hybridized carbons (Fsp3) is 0.588. The van der Waals surface area contributed by atoms with Gasteiger partial charge in [-0.2, -0.15) is 8.42 Å². The molecule has 0 aliphatic carbocycles. The van der Waals surface area contributed by atoms with Crippen molar-refractivity contribution in [2.75, 3.05) is 19.5 Å². The smallest absolute Gasteiger partial charge is 0.349 e. The van der Waals surface area contributed by atoms with Crippen molar-refractivity contribution >= 4 is 16.1 Å². The highest BCUT2D eigenvalue weighted by atomic mass is 32.2. The van der Waals surface area contributed by atoms with Gasteiger partial charge in [0.05, 0.1) is 19.5 Å². The molecule has 1 rings (SSSR count). The largest absolute Gasteiger partial charge is 0.476 e. The molecule has 136 valence electrons. The van der Waals surface area contributed by atoms with E-state index in [1.807, 2.05) is 24.3 Å². The van der Waals surface area contributed by atoms with Crippen LogP contribution in [0.2, 0.25) is 0 Å². The van der Waals surface area contributed by atoms with E-state index in [0.717, 1.165) is 24.7 Å². The molecule has 0 fully saturated rings. The van der Waals surface area contributed by atoms with Crippen molar-refractivity contribution in [3.05, 3.63) is 29.8 Å². The van der Waals surface area contributed by atoms with E-state index in [1.54, 1.807) is 20.8 Å². The molecular formula is C17H26O6S. The lowest BCUT2D eigenvalue weighted by molar-refractivity contribution is -0.158. The van der Waals surface area contributed by atoms with Gasteiger partial charge in [0.25, 0.3) is 10.1 Å². The lowest BCUT2D eigenvalue weighted by atomic mass is 10.1. The topological polar surface area (TPSA) is 78.9 Å². The normalized spacial score (nSPS) is 12.0. The van der Waals surface area contributed by atoms with E-state index in [-0.39, 0.29) is 6.61 Å². The predicted octanol–water partition coefficient (Wildman–Crippen LogP) is 2.71. The molecule has 0 aliphatic heterocycles. The summed E-state index contributed by atoms with van der Waals surface area (Å²) in [5, 5.41) is 0. The molecule has 0 radical (unpaired) electrons. The minimum atomic E-state index is -3.36. The molecule has 0 atom stereocenters. The molecule has 0 aliphatic rings. The summed E-state index contributed by atoms with van der Waals surface area (Å²) in [6, 6.07) is 7.47. The summed E-state index contributed by atoms with van der Waals surface area (Å²) in [5.74, 6) is 0.192. The number of benzene rings is 1. The van der Waals surface area contributed by atoms with Gasteiger partial charge in [-0.15, -0.1) is 0 Å². The maximum Gasteiger partial charge on any atom is 0.349 e. The first-order valence-corrected chi connectivity index (χ1v) is 9.75. The molecule has 0 heterocycles. The van der Waals surface area contributed by atoms with Gasteiger partial charge in [-0.05, 0) is 57.7 Å². The molecule has 24 heavy (non-hydrogen) atoms. The van der Waals surface area contributed by atoms with Gasteiger partial charge in [0, 0.05) is 0 Å². The lowest BCUT2D eigenvalue weighted by Crippen LogP contribution is -2.39. The molecule has 0 unspecified atom stereocenters. The number of esters is 1. The Balaban J connectivity index is 2.44. The predicted molar refractivity (Wildman–Crippen MR) is 91.5 cm³/mol. The van der Waals surface area contributed by atoms with Gasteiger partial charge in [0.15, 0.2) is 5.60 Å². The van der Waals surface area contributed by atoms with Crippen LogP contribution in [0.3, 0.4) is 0 Å². The Morgan fingerprint density at radius 2 is 1.75 bits per heavy atom. The minimum absolute atomic E-state index is 0.202. The molecule has 0 amide bonds. The number of ether oxygens (including phenoxy) is 2. The fourth-order valence-electron chi connectivity index (χ4n) is 2.01. The van der Waals surface area contributed by atoms with Gasteiger partial charge in [0.2, 0.25) is 0 Å². The molecule has 0 spiro atoms. The fourth-order valence-corrected chi connectivity index (χ4v) is 2.43. The van der Waals surface area contributed by atoms with E-state index in [2.05, 4.69) is 0 Å². The Kier molecular flexibility index (Phi) is 7.69. The molecular weight excluding hydrogens is 332 g/mol. The summed E-state index contributed by atoms with van der Waals surface area (Å²) < 4.78 is 37.0. The maximum absolute atomic E-state index is 11.8. The number of hydrogen-bond acceptors (Lipinski definition) is 6. The van der Waals surface area contributed by atoms with Crippen LogP contribution in [-0.4, -0.2) is 39.5 Å². The number of carbonyl (C=O) groups is 1. The monoisotopic (exact) mass is 358 g/mol. The molecule has 6 nitrogen and oxygen atoms in total. The second-order valence-electron chi connectivity index (χ2n) is 5.96. The Morgan fingerprint density at radius 1 is 1.12 bits per heavy atom. The van der Waals surface area contributed by atoms with Crippen molar-refractivity contribution in [2.45, 2.75) is 45.6 Å². The highest BCUT2D eigenvalue weighted by Crippen LogP contribution is 2.21. The molecule has 0 saturated carbocycles. The standard InChI is InChI=1S/C17H26O6S/c1-5-21-16(18)17(2,3)23-15-11-9-14(10-12-15)8-6-7-13-22-24(4,19)20/h9-12H,5-8,13H2,1-4H3. The minimum Gasteiger partial charge on any atom is -0.476 e. The van der Waals surface area contributed by atoms with Crippen LogP contribution in [0.5, 0.6) is 5.75 Å². The van der Waals surface area contributed by atoms with Crippen molar-refractivity contribution in [2.24, 2.45) is 0 Å². The van der Waals surface area contributed by atoms with Crippen LogP contribution in [-0.2, 0) is 30.3 Å². The van der Waals surface area contributed by atoms with Crippen LogP contribution < -0.4 is 4.74 Å². The number of hydrogen-bond donors (Lipinski definition) is 0. The number of carbonyl (C=O) groups excluding carboxylic acids is 1. The van der Waals surface area contributed by atoms with Crippen LogP contribution >= 0.6 is 0 Å². The first-order chi connectivity index (χ1) is 11.1. The zero-order chi connectivity index (χ0) is 18.2. The summed E-state index contributed by atoms with van der Waals surface area (Å²) in [6.07, 6.45) is 3.35. The summed E-state index contributed by atoms with van der Waals surface area (Å²) in [6.45, 7) is 5.60. The molecule has 0 N–H and O–H groups in total. The van der Waals surface area contributed by atoms with Gasteiger partial charge in [-0.3, -0.25) is 4.18 Å². The van der Waals surface area contributed by atoms with Gasteiger partial charge < -0.3 is 9.47 Å². The van der Waals surface area contributed by atoms with Crippen molar-refractivity contribution in [3.63, 3.8) is 0 Å². The average molecular weight is 358 g/mol. The second-order valence-corrected chi connectivity index (χ2v) is 7.60. The molecule has 0 aromatic heterocycles. The van der Waals surface area contributed by atoms with Crippen LogP contribution in [0.1, 0.15) is 39.2 Å². The summed E-state index contributed by atoms with van der Waals surface area (Å²) >= 11 is 0. The third-order valence-corrected chi connectivity index (χ3v) is 3.82. The lowest BCUT2D eigenvalue weighted by Gasteiger charge is -2.24. The van der Waals surface area contributed by atoms with Crippen molar-refractivity contribution < 1.29 is 26.9 Å². The summed E-state index contributed by atoms with van der Waals surface area (Å²) in [7, 11) is -3.36.